The van der Waals surface area contributed by atoms with Crippen molar-refractivity contribution in [1.29, 1.82) is 0 Å². The van der Waals surface area contributed by atoms with Crippen molar-refractivity contribution in [2.45, 2.75) is 19.3 Å². The summed E-state index contributed by atoms with van der Waals surface area (Å²) in [6.07, 6.45) is 0. The molecule has 3 aromatic rings. The molecule has 0 spiro atoms. The van der Waals surface area contributed by atoms with Crippen molar-refractivity contribution in [2.24, 2.45) is 5.73 Å². The second-order valence-corrected chi connectivity index (χ2v) is 6.82. The average Bonchev–Trinajstić information content (AvgIpc) is 2.67. The number of halogens is 1. The lowest BCUT2D eigenvalue weighted by Gasteiger charge is -2.25. The number of nitrogens with two attached hydrogens (primary N) is 1. The number of benzene rings is 1. The monoisotopic (exact) mass is 365 g/mol. The predicted molar refractivity (Wildman–Crippen MR) is 102 cm³/mol. The van der Waals surface area contributed by atoms with Crippen LogP contribution in [0.2, 0.25) is 0 Å². The maximum Gasteiger partial charge on any atom is 0.267 e. The molecular weight excluding hydrogens is 345 g/mol. The Balaban J connectivity index is 1.70. The van der Waals surface area contributed by atoms with Gasteiger partial charge in [-0.25, -0.2) is 9.37 Å². The molecule has 6 nitrogen and oxygen atoms in total. The number of hydrogen-bond donors (Lipinski definition) is 2. The molecular formula is C20H20FN5O. The summed E-state index contributed by atoms with van der Waals surface area (Å²) in [5, 5.41) is 11.6. The highest BCUT2D eigenvalue weighted by Crippen LogP contribution is 2.24. The highest BCUT2D eigenvalue weighted by molar-refractivity contribution is 5.91. The van der Waals surface area contributed by atoms with Crippen LogP contribution in [-0.2, 0) is 5.41 Å². The van der Waals surface area contributed by atoms with Gasteiger partial charge in [0.2, 0.25) is 0 Å². The first-order valence-corrected chi connectivity index (χ1v) is 8.46. The lowest BCUT2D eigenvalue weighted by atomic mass is 9.84. The van der Waals surface area contributed by atoms with Crippen LogP contribution in [0.15, 0.2) is 54.6 Å². The zero-order valence-electron chi connectivity index (χ0n) is 15.1. The Kier molecular flexibility index (Phi) is 5.12. The number of pyridine rings is 1. The maximum absolute atomic E-state index is 13.1. The standard InChI is InChI=1S/C20H20FN5O/c1-20(2,13-6-8-14(21)9-7-13)12-23-18-11-10-16(25-26-18)15-4-3-5-17(24-15)19(22)27/h3-11H,12H2,1-2H3,(H2,22,27)(H,23,26). The van der Waals surface area contributed by atoms with E-state index < -0.39 is 5.91 Å². The molecule has 1 amide bonds. The van der Waals surface area contributed by atoms with Gasteiger partial charge in [-0.2, -0.15) is 0 Å². The van der Waals surface area contributed by atoms with Crippen LogP contribution in [0.4, 0.5) is 10.2 Å². The van der Waals surface area contributed by atoms with Crippen molar-refractivity contribution < 1.29 is 9.18 Å². The van der Waals surface area contributed by atoms with Crippen molar-refractivity contribution >= 4 is 11.7 Å². The third kappa shape index (κ3) is 4.44. The van der Waals surface area contributed by atoms with E-state index >= 15 is 0 Å². The SMILES string of the molecule is CC(C)(CNc1ccc(-c2cccc(C(N)=O)n2)nn1)c1ccc(F)cc1. The van der Waals surface area contributed by atoms with Crippen LogP contribution < -0.4 is 11.1 Å². The molecule has 1 aromatic carbocycles. The molecule has 7 heteroatoms. The number of primary amides is 1. The van der Waals surface area contributed by atoms with Crippen LogP contribution in [0.3, 0.4) is 0 Å². The summed E-state index contributed by atoms with van der Waals surface area (Å²) >= 11 is 0. The number of anilines is 1. The van der Waals surface area contributed by atoms with Crippen LogP contribution in [0.5, 0.6) is 0 Å². The molecule has 0 aliphatic rings. The minimum absolute atomic E-state index is 0.178. The number of hydrogen-bond acceptors (Lipinski definition) is 5. The molecule has 0 aliphatic heterocycles. The largest absolute Gasteiger partial charge is 0.368 e. The summed E-state index contributed by atoms with van der Waals surface area (Å²) in [6, 6.07) is 15.0. The zero-order valence-corrected chi connectivity index (χ0v) is 15.1. The van der Waals surface area contributed by atoms with E-state index in [0.29, 0.717) is 23.8 Å². The smallest absolute Gasteiger partial charge is 0.267 e. The first-order valence-electron chi connectivity index (χ1n) is 8.46. The first kappa shape index (κ1) is 18.4. The Morgan fingerprint density at radius 1 is 1.04 bits per heavy atom. The number of carbonyl (C=O) groups is 1. The topological polar surface area (TPSA) is 93.8 Å². The fourth-order valence-corrected chi connectivity index (χ4v) is 2.59. The number of carbonyl (C=O) groups excluding carboxylic acids is 1. The van der Waals surface area contributed by atoms with Gasteiger partial charge in [0.1, 0.15) is 23.0 Å². The lowest BCUT2D eigenvalue weighted by molar-refractivity contribution is 0.0995. The van der Waals surface area contributed by atoms with Crippen molar-refractivity contribution in [3.05, 3.63) is 71.7 Å². The van der Waals surface area contributed by atoms with Crippen LogP contribution in [0.25, 0.3) is 11.4 Å². The van der Waals surface area contributed by atoms with Gasteiger partial charge >= 0.3 is 0 Å². The number of nitrogens with one attached hydrogen (secondary N) is 1. The summed E-state index contributed by atoms with van der Waals surface area (Å²) in [5.74, 6) is -0.232. The second-order valence-electron chi connectivity index (χ2n) is 6.82. The molecule has 0 bridgehead atoms. The van der Waals surface area contributed by atoms with Crippen LogP contribution in [-0.4, -0.2) is 27.6 Å². The quantitative estimate of drug-likeness (QED) is 0.700. The summed E-state index contributed by atoms with van der Waals surface area (Å²) in [5.41, 5.74) is 7.30. The van der Waals surface area contributed by atoms with Gasteiger partial charge in [0.25, 0.3) is 5.91 Å². The summed E-state index contributed by atoms with van der Waals surface area (Å²) in [4.78, 5) is 15.4. The minimum Gasteiger partial charge on any atom is -0.368 e. The van der Waals surface area contributed by atoms with Gasteiger partial charge in [-0.05, 0) is 42.0 Å². The molecule has 3 N–H and O–H groups in total. The molecule has 0 aliphatic carbocycles. The molecule has 27 heavy (non-hydrogen) atoms. The third-order valence-electron chi connectivity index (χ3n) is 4.27. The van der Waals surface area contributed by atoms with Crippen LogP contribution in [0, 0.1) is 5.82 Å². The van der Waals surface area contributed by atoms with Gasteiger partial charge in [0.15, 0.2) is 0 Å². The van der Waals surface area contributed by atoms with Crippen molar-refractivity contribution in [3.63, 3.8) is 0 Å². The van der Waals surface area contributed by atoms with E-state index in [1.165, 1.54) is 12.1 Å². The van der Waals surface area contributed by atoms with Gasteiger partial charge in [0.05, 0.1) is 5.69 Å². The molecule has 2 aromatic heterocycles. The molecule has 0 saturated carbocycles. The van der Waals surface area contributed by atoms with Crippen LogP contribution in [0.1, 0.15) is 29.9 Å². The van der Waals surface area contributed by atoms with Gasteiger partial charge in [-0.1, -0.05) is 32.0 Å². The Bertz CT molecular complexity index is 939. The van der Waals surface area contributed by atoms with E-state index in [4.69, 9.17) is 5.73 Å². The fourth-order valence-electron chi connectivity index (χ4n) is 2.59. The average molecular weight is 365 g/mol. The van der Waals surface area contributed by atoms with Gasteiger partial charge in [-0.3, -0.25) is 4.79 Å². The summed E-state index contributed by atoms with van der Waals surface area (Å²) < 4.78 is 13.1. The Labute approximate surface area is 156 Å². The molecule has 138 valence electrons. The fraction of sp³-hybridized carbons (Fsp3) is 0.200. The van der Waals surface area contributed by atoms with Gasteiger partial charge in [-0.15, -0.1) is 10.2 Å². The van der Waals surface area contributed by atoms with E-state index in [-0.39, 0.29) is 16.9 Å². The predicted octanol–water partition coefficient (Wildman–Crippen LogP) is 3.17. The normalized spacial score (nSPS) is 11.2. The molecule has 0 radical (unpaired) electrons. The van der Waals surface area contributed by atoms with Crippen LogP contribution >= 0.6 is 0 Å². The zero-order chi connectivity index (χ0) is 19.4. The third-order valence-corrected chi connectivity index (χ3v) is 4.27. The number of nitrogens with zero attached hydrogens (tertiary/aromatic N) is 3. The molecule has 0 unspecified atom stereocenters. The van der Waals surface area contributed by atoms with E-state index in [9.17, 15) is 9.18 Å². The lowest BCUT2D eigenvalue weighted by Crippen LogP contribution is -2.28. The first-order chi connectivity index (χ1) is 12.8. The number of amides is 1. The summed E-state index contributed by atoms with van der Waals surface area (Å²) in [6.45, 7) is 4.73. The maximum atomic E-state index is 13.1. The Morgan fingerprint density at radius 2 is 1.78 bits per heavy atom. The Morgan fingerprint density at radius 3 is 2.41 bits per heavy atom. The molecule has 0 fully saturated rings. The van der Waals surface area contributed by atoms with E-state index in [1.54, 1.807) is 42.5 Å². The van der Waals surface area contributed by atoms with E-state index in [0.717, 1.165) is 5.56 Å². The highest BCUT2D eigenvalue weighted by Gasteiger charge is 2.20. The number of aromatic nitrogens is 3. The molecule has 3 rings (SSSR count). The highest BCUT2D eigenvalue weighted by atomic mass is 19.1. The van der Waals surface area contributed by atoms with Gasteiger partial charge in [0, 0.05) is 12.0 Å². The minimum atomic E-state index is -0.592. The van der Waals surface area contributed by atoms with E-state index in [2.05, 4.69) is 34.3 Å². The molecule has 0 saturated heterocycles. The van der Waals surface area contributed by atoms with Crippen molar-refractivity contribution in [1.82, 2.24) is 15.2 Å². The summed E-state index contributed by atoms with van der Waals surface area (Å²) in [7, 11) is 0. The Hall–Kier alpha value is -3.35. The van der Waals surface area contributed by atoms with Crippen molar-refractivity contribution in [2.75, 3.05) is 11.9 Å². The van der Waals surface area contributed by atoms with Gasteiger partial charge < -0.3 is 11.1 Å². The molecule has 2 heterocycles. The molecule has 0 atom stereocenters. The second kappa shape index (κ2) is 7.49. The van der Waals surface area contributed by atoms with Crippen molar-refractivity contribution in [3.8, 4) is 11.4 Å². The van der Waals surface area contributed by atoms with E-state index in [1.807, 2.05) is 0 Å². The number of rotatable bonds is 6.